The summed E-state index contributed by atoms with van der Waals surface area (Å²) in [5, 5.41) is 6.10. The molecule has 6 nitrogen and oxygen atoms in total. The second-order valence-electron chi connectivity index (χ2n) is 6.60. The van der Waals surface area contributed by atoms with E-state index in [2.05, 4.69) is 10.6 Å². The quantitative estimate of drug-likeness (QED) is 0.452. The Bertz CT molecular complexity index is 1160. The maximum Gasteiger partial charge on any atom is 0.272 e. The second kappa shape index (κ2) is 10.7. The van der Waals surface area contributed by atoms with Crippen molar-refractivity contribution in [1.82, 2.24) is 5.32 Å². The van der Waals surface area contributed by atoms with Gasteiger partial charge in [0, 0.05) is 26.9 Å². The largest absolute Gasteiger partial charge is 0.497 e. The molecule has 0 aliphatic rings. The van der Waals surface area contributed by atoms with Gasteiger partial charge < -0.3 is 20.1 Å². The van der Waals surface area contributed by atoms with Crippen LogP contribution < -0.4 is 20.1 Å². The minimum absolute atomic E-state index is 0.00146. The van der Waals surface area contributed by atoms with Gasteiger partial charge in [0.25, 0.3) is 11.8 Å². The number of hydrogen-bond acceptors (Lipinski definition) is 4. The van der Waals surface area contributed by atoms with Crippen molar-refractivity contribution in [3.63, 3.8) is 0 Å². The van der Waals surface area contributed by atoms with Crippen LogP contribution in [0.1, 0.15) is 15.9 Å². The zero-order valence-electron chi connectivity index (χ0n) is 17.3. The lowest BCUT2D eigenvalue weighted by molar-refractivity contribution is -0.113. The monoisotopic (exact) mass is 470 g/mol. The third-order valence-electron chi connectivity index (χ3n) is 4.38. The molecule has 0 saturated heterocycles. The Hall–Kier alpha value is -3.48. The van der Waals surface area contributed by atoms with Crippen LogP contribution in [-0.2, 0) is 4.79 Å². The number of methoxy groups -OCH3 is 2. The number of rotatable bonds is 7. The van der Waals surface area contributed by atoms with E-state index in [1.807, 2.05) is 0 Å². The fourth-order valence-electron chi connectivity index (χ4n) is 2.88. The minimum atomic E-state index is -0.564. The van der Waals surface area contributed by atoms with Crippen LogP contribution in [0.3, 0.4) is 0 Å². The molecule has 0 aliphatic carbocycles. The Kier molecular flexibility index (Phi) is 7.76. The van der Waals surface area contributed by atoms with Gasteiger partial charge in [-0.2, -0.15) is 0 Å². The van der Waals surface area contributed by atoms with Gasteiger partial charge in [0.1, 0.15) is 17.2 Å². The highest BCUT2D eigenvalue weighted by atomic mass is 35.5. The van der Waals surface area contributed by atoms with E-state index in [9.17, 15) is 9.59 Å². The van der Waals surface area contributed by atoms with Crippen LogP contribution in [0.15, 0.2) is 72.4 Å². The minimum Gasteiger partial charge on any atom is -0.497 e. The van der Waals surface area contributed by atoms with E-state index in [0.717, 1.165) is 0 Å². The lowest BCUT2D eigenvalue weighted by atomic mass is 10.1. The van der Waals surface area contributed by atoms with E-state index < -0.39 is 11.8 Å². The van der Waals surface area contributed by atoms with Crippen LogP contribution in [0.2, 0.25) is 10.0 Å². The van der Waals surface area contributed by atoms with Crippen molar-refractivity contribution in [2.24, 2.45) is 0 Å². The summed E-state index contributed by atoms with van der Waals surface area (Å²) in [6, 6.07) is 18.4. The molecular formula is C24H20Cl2N2O4. The Morgan fingerprint density at radius 2 is 1.59 bits per heavy atom. The zero-order valence-corrected chi connectivity index (χ0v) is 18.8. The molecular weight excluding hydrogens is 451 g/mol. The molecule has 0 unspecified atom stereocenters. The average Bonchev–Trinajstić information content (AvgIpc) is 2.78. The number of halogens is 2. The van der Waals surface area contributed by atoms with Crippen molar-refractivity contribution >= 4 is 46.8 Å². The molecule has 3 rings (SSSR count). The standard InChI is InChI=1S/C24H20Cl2N2O4/c1-31-20-8-5-7-16(10-20)23(29)28-21(11-15-6-3-4-9-22(15)32-2)24(30)27-19-13-17(25)12-18(26)14-19/h3-14H,1-2H3,(H,27,30)(H,28,29)/b21-11-. The van der Waals surface area contributed by atoms with E-state index in [1.54, 1.807) is 66.7 Å². The molecule has 0 aromatic heterocycles. The molecule has 32 heavy (non-hydrogen) atoms. The molecule has 0 fully saturated rings. The van der Waals surface area contributed by atoms with Crippen LogP contribution in [0.5, 0.6) is 11.5 Å². The van der Waals surface area contributed by atoms with Crippen LogP contribution in [0.4, 0.5) is 5.69 Å². The van der Waals surface area contributed by atoms with Crippen molar-refractivity contribution in [2.45, 2.75) is 0 Å². The van der Waals surface area contributed by atoms with Crippen molar-refractivity contribution in [2.75, 3.05) is 19.5 Å². The molecule has 0 bridgehead atoms. The number of amides is 2. The summed E-state index contributed by atoms with van der Waals surface area (Å²) in [6.07, 6.45) is 1.53. The normalized spacial score (nSPS) is 10.9. The first kappa shape index (κ1) is 23.2. The summed E-state index contributed by atoms with van der Waals surface area (Å²) in [6.45, 7) is 0. The Labute approximate surface area is 195 Å². The number of carbonyl (C=O) groups excluding carboxylic acids is 2. The summed E-state index contributed by atoms with van der Waals surface area (Å²) < 4.78 is 10.5. The summed E-state index contributed by atoms with van der Waals surface area (Å²) in [5.74, 6) is 0.0139. The Morgan fingerprint density at radius 1 is 0.875 bits per heavy atom. The molecule has 0 saturated carbocycles. The lowest BCUT2D eigenvalue weighted by Crippen LogP contribution is -2.30. The van der Waals surface area contributed by atoms with Gasteiger partial charge in [-0.15, -0.1) is 0 Å². The van der Waals surface area contributed by atoms with Gasteiger partial charge in [0.2, 0.25) is 0 Å². The zero-order chi connectivity index (χ0) is 23.1. The van der Waals surface area contributed by atoms with Crippen LogP contribution in [0, 0.1) is 0 Å². The van der Waals surface area contributed by atoms with Gasteiger partial charge in [-0.25, -0.2) is 0 Å². The first-order valence-electron chi connectivity index (χ1n) is 9.47. The van der Waals surface area contributed by atoms with E-state index >= 15 is 0 Å². The van der Waals surface area contributed by atoms with Gasteiger partial charge in [-0.1, -0.05) is 47.5 Å². The maximum absolute atomic E-state index is 13.1. The van der Waals surface area contributed by atoms with Gasteiger partial charge in [-0.05, 0) is 48.5 Å². The number of para-hydroxylation sites is 1. The molecule has 0 aliphatic heterocycles. The predicted molar refractivity (Wildman–Crippen MR) is 127 cm³/mol. The van der Waals surface area contributed by atoms with Crippen molar-refractivity contribution in [1.29, 1.82) is 0 Å². The third-order valence-corrected chi connectivity index (χ3v) is 4.82. The van der Waals surface area contributed by atoms with Gasteiger partial charge in [0.05, 0.1) is 14.2 Å². The molecule has 0 spiro atoms. The van der Waals surface area contributed by atoms with Crippen molar-refractivity contribution in [3.05, 3.63) is 93.6 Å². The molecule has 3 aromatic rings. The first-order valence-corrected chi connectivity index (χ1v) is 10.2. The molecule has 0 atom stereocenters. The number of nitrogens with one attached hydrogen (secondary N) is 2. The molecule has 8 heteroatoms. The summed E-state index contributed by atoms with van der Waals surface area (Å²) in [4.78, 5) is 26.0. The SMILES string of the molecule is COc1cccc(C(=O)N/C(=C\c2ccccc2OC)C(=O)Nc2cc(Cl)cc(Cl)c2)c1. The lowest BCUT2D eigenvalue weighted by Gasteiger charge is -2.13. The van der Waals surface area contributed by atoms with E-state index in [-0.39, 0.29) is 5.70 Å². The topological polar surface area (TPSA) is 76.7 Å². The van der Waals surface area contributed by atoms with Crippen LogP contribution >= 0.6 is 23.2 Å². The fourth-order valence-corrected chi connectivity index (χ4v) is 3.41. The van der Waals surface area contributed by atoms with E-state index in [1.165, 1.54) is 20.3 Å². The first-order chi connectivity index (χ1) is 15.4. The summed E-state index contributed by atoms with van der Waals surface area (Å²) >= 11 is 12.1. The Morgan fingerprint density at radius 3 is 2.28 bits per heavy atom. The van der Waals surface area contributed by atoms with E-state index in [4.69, 9.17) is 32.7 Å². The highest BCUT2D eigenvalue weighted by Crippen LogP contribution is 2.24. The molecule has 164 valence electrons. The van der Waals surface area contributed by atoms with Crippen LogP contribution in [-0.4, -0.2) is 26.0 Å². The van der Waals surface area contributed by atoms with Crippen LogP contribution in [0.25, 0.3) is 6.08 Å². The molecule has 3 aromatic carbocycles. The third kappa shape index (κ3) is 6.03. The van der Waals surface area contributed by atoms with E-state index in [0.29, 0.717) is 38.4 Å². The molecule has 0 radical (unpaired) electrons. The van der Waals surface area contributed by atoms with Crippen molar-refractivity contribution in [3.8, 4) is 11.5 Å². The van der Waals surface area contributed by atoms with Crippen molar-refractivity contribution < 1.29 is 19.1 Å². The number of hydrogen-bond donors (Lipinski definition) is 2. The second-order valence-corrected chi connectivity index (χ2v) is 7.47. The maximum atomic E-state index is 13.1. The smallest absolute Gasteiger partial charge is 0.272 e. The molecule has 2 amide bonds. The molecule has 2 N–H and O–H groups in total. The number of benzene rings is 3. The summed E-state index contributed by atoms with van der Waals surface area (Å²) in [5.41, 5.74) is 1.32. The molecule has 0 heterocycles. The Balaban J connectivity index is 1.95. The van der Waals surface area contributed by atoms with Gasteiger partial charge in [0.15, 0.2) is 0 Å². The fraction of sp³-hybridized carbons (Fsp3) is 0.0833. The number of ether oxygens (including phenoxy) is 2. The van der Waals surface area contributed by atoms with Gasteiger partial charge in [-0.3, -0.25) is 9.59 Å². The average molecular weight is 471 g/mol. The highest BCUT2D eigenvalue weighted by molar-refractivity contribution is 6.35. The predicted octanol–water partition coefficient (Wildman–Crippen LogP) is 5.42. The van der Waals surface area contributed by atoms with Gasteiger partial charge >= 0.3 is 0 Å². The summed E-state index contributed by atoms with van der Waals surface area (Å²) in [7, 11) is 3.03. The number of anilines is 1. The highest BCUT2D eigenvalue weighted by Gasteiger charge is 2.17. The number of carbonyl (C=O) groups is 2.